The first-order valence-electron chi connectivity index (χ1n) is 6.29. The standard InChI is InChI=1S/C13H24N2OS/c1-5-12-15-11(8-17-12)7-14-9-13(4,16)6-10(2)3/h8,10,14,16H,5-7,9H2,1-4H3. The molecule has 1 unspecified atom stereocenters. The zero-order chi connectivity index (χ0) is 12.9. The Labute approximate surface area is 108 Å². The van der Waals surface area contributed by atoms with E-state index >= 15 is 0 Å². The van der Waals surface area contributed by atoms with Crippen LogP contribution in [0.4, 0.5) is 0 Å². The summed E-state index contributed by atoms with van der Waals surface area (Å²) in [5.41, 5.74) is 0.449. The molecule has 98 valence electrons. The largest absolute Gasteiger partial charge is 0.389 e. The summed E-state index contributed by atoms with van der Waals surface area (Å²) in [6, 6.07) is 0. The average molecular weight is 256 g/mol. The lowest BCUT2D eigenvalue weighted by molar-refractivity contribution is 0.0383. The van der Waals surface area contributed by atoms with Gasteiger partial charge in [0.25, 0.3) is 0 Å². The van der Waals surface area contributed by atoms with Crippen LogP contribution < -0.4 is 5.32 Å². The highest BCUT2D eigenvalue weighted by atomic mass is 32.1. The van der Waals surface area contributed by atoms with Crippen LogP contribution >= 0.6 is 11.3 Å². The van der Waals surface area contributed by atoms with E-state index in [2.05, 4.69) is 36.5 Å². The molecule has 1 aromatic heterocycles. The first-order chi connectivity index (χ1) is 7.93. The smallest absolute Gasteiger partial charge is 0.0926 e. The highest BCUT2D eigenvalue weighted by molar-refractivity contribution is 7.09. The summed E-state index contributed by atoms with van der Waals surface area (Å²) in [5, 5.41) is 16.7. The van der Waals surface area contributed by atoms with Crippen molar-refractivity contribution < 1.29 is 5.11 Å². The molecule has 0 radical (unpaired) electrons. The van der Waals surface area contributed by atoms with Crippen LogP contribution in [0, 0.1) is 5.92 Å². The Morgan fingerprint density at radius 3 is 2.76 bits per heavy atom. The van der Waals surface area contributed by atoms with Crippen LogP contribution in [0.3, 0.4) is 0 Å². The van der Waals surface area contributed by atoms with Crippen molar-refractivity contribution in [1.82, 2.24) is 10.3 Å². The number of aromatic nitrogens is 1. The molecular weight excluding hydrogens is 232 g/mol. The second kappa shape index (κ2) is 6.47. The molecule has 17 heavy (non-hydrogen) atoms. The van der Waals surface area contributed by atoms with Gasteiger partial charge in [-0.05, 0) is 25.7 Å². The number of hydrogen-bond acceptors (Lipinski definition) is 4. The molecule has 0 aliphatic heterocycles. The molecule has 1 heterocycles. The highest BCUT2D eigenvalue weighted by Crippen LogP contribution is 2.15. The van der Waals surface area contributed by atoms with E-state index in [-0.39, 0.29) is 0 Å². The number of aliphatic hydroxyl groups is 1. The fourth-order valence-corrected chi connectivity index (χ4v) is 2.75. The Morgan fingerprint density at radius 1 is 1.53 bits per heavy atom. The van der Waals surface area contributed by atoms with Gasteiger partial charge in [-0.25, -0.2) is 4.98 Å². The Bertz CT molecular complexity index is 334. The maximum atomic E-state index is 10.1. The normalized spacial score (nSPS) is 15.2. The van der Waals surface area contributed by atoms with Crippen LogP contribution in [-0.2, 0) is 13.0 Å². The number of hydrogen-bond donors (Lipinski definition) is 2. The van der Waals surface area contributed by atoms with E-state index in [0.29, 0.717) is 12.5 Å². The molecule has 0 spiro atoms. The van der Waals surface area contributed by atoms with E-state index in [1.165, 1.54) is 5.01 Å². The molecule has 3 nitrogen and oxygen atoms in total. The molecule has 1 atom stereocenters. The van der Waals surface area contributed by atoms with Crippen molar-refractivity contribution in [3.63, 3.8) is 0 Å². The maximum absolute atomic E-state index is 10.1. The van der Waals surface area contributed by atoms with E-state index in [4.69, 9.17) is 0 Å². The molecular formula is C13H24N2OS. The minimum Gasteiger partial charge on any atom is -0.389 e. The molecule has 0 amide bonds. The van der Waals surface area contributed by atoms with E-state index < -0.39 is 5.60 Å². The van der Waals surface area contributed by atoms with Gasteiger partial charge in [-0.3, -0.25) is 0 Å². The number of thiazole rings is 1. The molecule has 4 heteroatoms. The number of nitrogens with zero attached hydrogens (tertiary/aromatic N) is 1. The fraction of sp³-hybridized carbons (Fsp3) is 0.769. The van der Waals surface area contributed by atoms with Gasteiger partial charge in [0, 0.05) is 18.5 Å². The zero-order valence-electron chi connectivity index (χ0n) is 11.3. The van der Waals surface area contributed by atoms with Gasteiger partial charge in [-0.15, -0.1) is 11.3 Å². The van der Waals surface area contributed by atoms with Gasteiger partial charge in [0.05, 0.1) is 16.3 Å². The summed E-state index contributed by atoms with van der Waals surface area (Å²) in [7, 11) is 0. The average Bonchev–Trinajstić information content (AvgIpc) is 2.63. The van der Waals surface area contributed by atoms with Crippen LogP contribution in [0.25, 0.3) is 0 Å². The third-order valence-corrected chi connectivity index (χ3v) is 3.60. The van der Waals surface area contributed by atoms with Gasteiger partial charge < -0.3 is 10.4 Å². The summed E-state index contributed by atoms with van der Waals surface area (Å²) in [5.74, 6) is 0.512. The van der Waals surface area contributed by atoms with Crippen molar-refractivity contribution in [3.8, 4) is 0 Å². The van der Waals surface area contributed by atoms with Crippen molar-refractivity contribution in [3.05, 3.63) is 16.1 Å². The van der Waals surface area contributed by atoms with Gasteiger partial charge in [0.15, 0.2) is 0 Å². The van der Waals surface area contributed by atoms with Crippen molar-refractivity contribution in [2.75, 3.05) is 6.54 Å². The van der Waals surface area contributed by atoms with E-state index in [9.17, 15) is 5.11 Å². The predicted octanol–water partition coefficient (Wildman–Crippen LogP) is 2.59. The Kier molecular flexibility index (Phi) is 5.56. The molecule has 0 saturated carbocycles. The second-order valence-electron chi connectivity index (χ2n) is 5.28. The summed E-state index contributed by atoms with van der Waals surface area (Å²) in [6.45, 7) is 9.61. The van der Waals surface area contributed by atoms with Gasteiger partial charge in [0.2, 0.25) is 0 Å². The monoisotopic (exact) mass is 256 g/mol. The Hall–Kier alpha value is -0.450. The van der Waals surface area contributed by atoms with Crippen LogP contribution in [0.15, 0.2) is 5.38 Å². The van der Waals surface area contributed by atoms with Crippen molar-refractivity contribution >= 4 is 11.3 Å². The molecule has 1 rings (SSSR count). The van der Waals surface area contributed by atoms with Crippen LogP contribution in [-0.4, -0.2) is 22.2 Å². The lowest BCUT2D eigenvalue weighted by Gasteiger charge is -2.25. The Balaban J connectivity index is 2.31. The van der Waals surface area contributed by atoms with Gasteiger partial charge in [0.1, 0.15) is 0 Å². The summed E-state index contributed by atoms with van der Waals surface area (Å²) < 4.78 is 0. The molecule has 0 bridgehead atoms. The van der Waals surface area contributed by atoms with Gasteiger partial charge in [-0.1, -0.05) is 20.8 Å². The highest BCUT2D eigenvalue weighted by Gasteiger charge is 2.21. The summed E-state index contributed by atoms with van der Waals surface area (Å²) in [4.78, 5) is 4.48. The second-order valence-corrected chi connectivity index (χ2v) is 6.23. The first kappa shape index (κ1) is 14.6. The predicted molar refractivity (Wildman–Crippen MR) is 73.3 cm³/mol. The quantitative estimate of drug-likeness (QED) is 0.788. The summed E-state index contributed by atoms with van der Waals surface area (Å²) in [6.07, 6.45) is 1.81. The molecule has 0 aromatic carbocycles. The van der Waals surface area contributed by atoms with Crippen LogP contribution in [0.2, 0.25) is 0 Å². The topological polar surface area (TPSA) is 45.2 Å². The molecule has 1 aromatic rings. The third kappa shape index (κ3) is 5.61. The minimum atomic E-state index is -0.627. The maximum Gasteiger partial charge on any atom is 0.0926 e. The van der Waals surface area contributed by atoms with Crippen molar-refractivity contribution in [1.29, 1.82) is 0 Å². The molecule has 0 fully saturated rings. The third-order valence-electron chi connectivity index (χ3n) is 2.56. The lowest BCUT2D eigenvalue weighted by atomic mass is 9.94. The van der Waals surface area contributed by atoms with E-state index in [1.807, 2.05) is 6.92 Å². The molecule has 0 aliphatic rings. The summed E-state index contributed by atoms with van der Waals surface area (Å²) >= 11 is 1.70. The fourth-order valence-electron chi connectivity index (χ4n) is 2.00. The first-order valence-corrected chi connectivity index (χ1v) is 7.17. The SMILES string of the molecule is CCc1nc(CNCC(C)(O)CC(C)C)cs1. The number of nitrogens with one attached hydrogen (secondary N) is 1. The van der Waals surface area contributed by atoms with Crippen molar-refractivity contribution in [2.24, 2.45) is 5.92 Å². The molecule has 2 N–H and O–H groups in total. The molecule has 0 aliphatic carbocycles. The lowest BCUT2D eigenvalue weighted by Crippen LogP contribution is -2.38. The van der Waals surface area contributed by atoms with Crippen molar-refractivity contribution in [2.45, 2.75) is 52.7 Å². The van der Waals surface area contributed by atoms with Gasteiger partial charge >= 0.3 is 0 Å². The molecule has 0 saturated heterocycles. The van der Waals surface area contributed by atoms with E-state index in [1.54, 1.807) is 11.3 Å². The minimum absolute atomic E-state index is 0.512. The van der Waals surface area contributed by atoms with Crippen LogP contribution in [0.1, 0.15) is 44.8 Å². The van der Waals surface area contributed by atoms with E-state index in [0.717, 1.165) is 25.1 Å². The van der Waals surface area contributed by atoms with Crippen LogP contribution in [0.5, 0.6) is 0 Å². The zero-order valence-corrected chi connectivity index (χ0v) is 12.1. The number of rotatable bonds is 7. The number of aryl methyl sites for hydroxylation is 1. The van der Waals surface area contributed by atoms with Gasteiger partial charge in [-0.2, -0.15) is 0 Å². The Morgan fingerprint density at radius 2 is 2.24 bits per heavy atom.